The molecule has 1 aromatic rings. The molecular formula is C22H42NO6P. The van der Waals surface area contributed by atoms with E-state index >= 15 is 0 Å². The van der Waals surface area contributed by atoms with Gasteiger partial charge in [-0.1, -0.05) is 53.4 Å². The first-order chi connectivity index (χ1) is 14.4. The molecule has 7 nitrogen and oxygen atoms in total. The SMILES string of the molecule is CC.CC.COc1cc(C)cc(OC)c1OP(=O)(O)OCCNC1CCCCCC1. The van der Waals surface area contributed by atoms with Crippen LogP contribution in [-0.4, -0.2) is 38.3 Å². The molecule has 2 rings (SSSR count). The standard InChI is InChI=1S/C18H30NO6P.2C2H6/c1-14-12-16(22-2)18(17(13-14)23-3)25-26(20,21)24-11-10-19-15-8-6-4-5-7-9-15;2*1-2/h12-13,15,19H,4-11H2,1-3H3,(H,20,21);2*1-2H3. The predicted molar refractivity (Wildman–Crippen MR) is 123 cm³/mol. The fourth-order valence-electron chi connectivity index (χ4n) is 3.15. The molecule has 0 amide bonds. The summed E-state index contributed by atoms with van der Waals surface area (Å²) in [5.74, 6) is 0.691. The van der Waals surface area contributed by atoms with Gasteiger partial charge in [0, 0.05) is 12.6 Å². The number of phosphoric ester groups is 1. The van der Waals surface area contributed by atoms with Crippen LogP contribution in [0.2, 0.25) is 0 Å². The quantitative estimate of drug-likeness (QED) is 0.278. The van der Waals surface area contributed by atoms with Gasteiger partial charge in [0.05, 0.1) is 20.8 Å². The molecule has 1 aromatic carbocycles. The van der Waals surface area contributed by atoms with Crippen LogP contribution in [0.3, 0.4) is 0 Å². The molecule has 1 unspecified atom stereocenters. The monoisotopic (exact) mass is 447 g/mol. The number of methoxy groups -OCH3 is 2. The maximum atomic E-state index is 12.3. The van der Waals surface area contributed by atoms with Crippen molar-refractivity contribution >= 4 is 7.82 Å². The number of nitrogens with one attached hydrogen (secondary N) is 1. The van der Waals surface area contributed by atoms with E-state index in [9.17, 15) is 9.46 Å². The van der Waals surface area contributed by atoms with E-state index in [0.29, 0.717) is 24.1 Å². The van der Waals surface area contributed by atoms with Gasteiger partial charge in [-0.3, -0.25) is 9.42 Å². The minimum atomic E-state index is -4.29. The lowest BCUT2D eigenvalue weighted by molar-refractivity contribution is 0.196. The van der Waals surface area contributed by atoms with E-state index in [4.69, 9.17) is 18.5 Å². The van der Waals surface area contributed by atoms with Crippen molar-refractivity contribution in [2.75, 3.05) is 27.4 Å². The van der Waals surface area contributed by atoms with E-state index in [0.717, 1.165) is 18.4 Å². The van der Waals surface area contributed by atoms with Crippen LogP contribution in [0.1, 0.15) is 71.8 Å². The van der Waals surface area contributed by atoms with E-state index in [1.807, 2.05) is 34.6 Å². The Morgan fingerprint density at radius 3 is 1.97 bits per heavy atom. The Kier molecular flexibility index (Phi) is 15.7. The Bertz CT molecular complexity index is 593. The molecule has 0 radical (unpaired) electrons. The van der Waals surface area contributed by atoms with Gasteiger partial charge < -0.3 is 19.3 Å². The van der Waals surface area contributed by atoms with Crippen LogP contribution in [0.4, 0.5) is 0 Å². The van der Waals surface area contributed by atoms with Crippen molar-refractivity contribution in [1.82, 2.24) is 5.32 Å². The highest BCUT2D eigenvalue weighted by molar-refractivity contribution is 7.47. The molecule has 1 saturated carbocycles. The molecule has 8 heteroatoms. The van der Waals surface area contributed by atoms with E-state index < -0.39 is 7.82 Å². The molecule has 30 heavy (non-hydrogen) atoms. The van der Waals surface area contributed by atoms with Crippen LogP contribution in [0.25, 0.3) is 0 Å². The fraction of sp³-hybridized carbons (Fsp3) is 0.727. The normalized spacial score (nSPS) is 16.0. The van der Waals surface area contributed by atoms with Crippen LogP contribution in [-0.2, 0) is 9.09 Å². The molecule has 0 aliphatic heterocycles. The minimum Gasteiger partial charge on any atom is -0.493 e. The van der Waals surface area contributed by atoms with Gasteiger partial charge in [0.1, 0.15) is 0 Å². The van der Waals surface area contributed by atoms with Crippen molar-refractivity contribution in [2.24, 2.45) is 0 Å². The Labute approximate surface area is 183 Å². The van der Waals surface area contributed by atoms with Crippen molar-refractivity contribution < 1.29 is 28.0 Å². The summed E-state index contributed by atoms with van der Waals surface area (Å²) in [6.45, 7) is 10.4. The molecule has 1 atom stereocenters. The summed E-state index contributed by atoms with van der Waals surface area (Å²) < 4.78 is 33.1. The molecule has 0 aromatic heterocycles. The summed E-state index contributed by atoms with van der Waals surface area (Å²) >= 11 is 0. The summed E-state index contributed by atoms with van der Waals surface area (Å²) in [6.07, 6.45) is 7.32. The van der Waals surface area contributed by atoms with Crippen LogP contribution in [0.15, 0.2) is 12.1 Å². The molecular weight excluding hydrogens is 405 g/mol. The first-order valence-corrected chi connectivity index (χ1v) is 12.6. The van der Waals surface area contributed by atoms with Gasteiger partial charge in [0.25, 0.3) is 0 Å². The maximum absolute atomic E-state index is 12.3. The molecule has 2 N–H and O–H groups in total. The number of rotatable bonds is 9. The number of phosphoric acid groups is 1. The maximum Gasteiger partial charge on any atom is 0.527 e. The first kappa shape index (κ1) is 28.7. The van der Waals surface area contributed by atoms with Crippen LogP contribution in [0, 0.1) is 6.92 Å². The predicted octanol–water partition coefficient (Wildman–Crippen LogP) is 5.87. The van der Waals surface area contributed by atoms with Crippen molar-refractivity contribution in [3.63, 3.8) is 0 Å². The second kappa shape index (κ2) is 16.4. The molecule has 1 aliphatic rings. The van der Waals surface area contributed by atoms with Crippen LogP contribution >= 0.6 is 7.82 Å². The third-order valence-electron chi connectivity index (χ3n) is 4.46. The number of aryl methyl sites for hydroxylation is 1. The molecule has 176 valence electrons. The summed E-state index contributed by atoms with van der Waals surface area (Å²) in [6, 6.07) is 3.86. The third kappa shape index (κ3) is 10.7. The Morgan fingerprint density at radius 2 is 1.50 bits per heavy atom. The van der Waals surface area contributed by atoms with Gasteiger partial charge in [0.2, 0.25) is 5.75 Å². The number of benzene rings is 1. The zero-order valence-corrected chi connectivity index (χ0v) is 20.7. The highest BCUT2D eigenvalue weighted by Gasteiger charge is 2.27. The summed E-state index contributed by atoms with van der Waals surface area (Å²) in [5.41, 5.74) is 0.882. The molecule has 0 bridgehead atoms. The summed E-state index contributed by atoms with van der Waals surface area (Å²) in [4.78, 5) is 10.0. The van der Waals surface area contributed by atoms with Crippen molar-refractivity contribution in [1.29, 1.82) is 0 Å². The lowest BCUT2D eigenvalue weighted by atomic mass is 10.1. The molecule has 0 saturated heterocycles. The first-order valence-electron chi connectivity index (χ1n) is 11.1. The molecule has 1 fully saturated rings. The van der Waals surface area contributed by atoms with Crippen LogP contribution in [0.5, 0.6) is 17.2 Å². The Balaban J connectivity index is 0.00000198. The van der Waals surface area contributed by atoms with Crippen LogP contribution < -0.4 is 19.3 Å². The molecule has 0 spiro atoms. The Hall–Kier alpha value is -1.27. The Morgan fingerprint density at radius 1 is 1.00 bits per heavy atom. The number of hydrogen-bond donors (Lipinski definition) is 2. The highest BCUT2D eigenvalue weighted by atomic mass is 31.2. The number of hydrogen-bond acceptors (Lipinski definition) is 6. The highest BCUT2D eigenvalue weighted by Crippen LogP contribution is 2.50. The van der Waals surface area contributed by atoms with Gasteiger partial charge in [-0.25, -0.2) is 4.57 Å². The van der Waals surface area contributed by atoms with E-state index in [1.54, 1.807) is 12.1 Å². The average Bonchev–Trinajstić information content (AvgIpc) is 3.03. The lowest BCUT2D eigenvalue weighted by Crippen LogP contribution is -2.31. The average molecular weight is 448 g/mol. The molecule has 0 heterocycles. The van der Waals surface area contributed by atoms with Crippen molar-refractivity contribution in [2.45, 2.75) is 79.2 Å². The van der Waals surface area contributed by atoms with Crippen molar-refractivity contribution in [3.05, 3.63) is 17.7 Å². The summed E-state index contributed by atoms with van der Waals surface area (Å²) in [5, 5.41) is 3.39. The van der Waals surface area contributed by atoms with Crippen molar-refractivity contribution in [3.8, 4) is 17.2 Å². The van der Waals surface area contributed by atoms with Gasteiger partial charge in [-0.15, -0.1) is 0 Å². The second-order valence-corrected chi connectivity index (χ2v) is 7.91. The van der Waals surface area contributed by atoms with E-state index in [1.165, 1.54) is 39.9 Å². The zero-order valence-electron chi connectivity index (χ0n) is 19.8. The largest absolute Gasteiger partial charge is 0.527 e. The fourth-order valence-corrected chi connectivity index (χ4v) is 3.94. The summed E-state index contributed by atoms with van der Waals surface area (Å²) in [7, 11) is -1.37. The number of ether oxygens (including phenoxy) is 2. The zero-order chi connectivity index (χ0) is 23.0. The van der Waals surface area contributed by atoms with Gasteiger partial charge in [-0.2, -0.15) is 0 Å². The van der Waals surface area contributed by atoms with Gasteiger partial charge >= 0.3 is 7.82 Å². The van der Waals surface area contributed by atoms with E-state index in [2.05, 4.69) is 5.32 Å². The topological polar surface area (TPSA) is 86.3 Å². The minimum absolute atomic E-state index is 0.0585. The smallest absolute Gasteiger partial charge is 0.493 e. The third-order valence-corrected chi connectivity index (χ3v) is 5.38. The van der Waals surface area contributed by atoms with E-state index in [-0.39, 0.29) is 12.4 Å². The molecule has 1 aliphatic carbocycles. The lowest BCUT2D eigenvalue weighted by Gasteiger charge is -2.19. The second-order valence-electron chi connectivity index (χ2n) is 6.53. The van der Waals surface area contributed by atoms with Gasteiger partial charge in [-0.05, 0) is 37.5 Å². The van der Waals surface area contributed by atoms with Gasteiger partial charge in [0.15, 0.2) is 11.5 Å².